The van der Waals surface area contributed by atoms with Crippen molar-refractivity contribution in [3.05, 3.63) is 257 Å². The second-order valence-corrected chi connectivity index (χ2v) is 34.1. The number of carbonyl (C=O) groups excluding carboxylic acids is 5. The fourth-order valence-corrected chi connectivity index (χ4v) is 19.3. The molecule has 5 aromatic carbocycles. The largest absolute Gasteiger partial charge is 0.495 e. The summed E-state index contributed by atoms with van der Waals surface area (Å²) in [4.78, 5) is 93.7. The van der Waals surface area contributed by atoms with Gasteiger partial charge in [-0.2, -0.15) is 10.5 Å². The first-order chi connectivity index (χ1) is 55.7. The average Bonchev–Trinajstić information content (AvgIpc) is 0.816. The lowest BCUT2D eigenvalue weighted by molar-refractivity contribution is -0.117. The number of hydrogen-bond donors (Lipinski definition) is 0. The summed E-state index contributed by atoms with van der Waals surface area (Å²) >= 11 is 36.8. The van der Waals surface area contributed by atoms with Crippen molar-refractivity contribution in [2.45, 2.75) is 117 Å². The van der Waals surface area contributed by atoms with Crippen molar-refractivity contribution in [1.29, 1.82) is 10.5 Å². The third-order valence-corrected chi connectivity index (χ3v) is 25.8. The lowest BCUT2D eigenvalue weighted by Crippen LogP contribution is -2.37. The Morgan fingerprint density at radius 2 is 0.730 bits per heavy atom. The van der Waals surface area contributed by atoms with E-state index < -0.39 is 0 Å². The molecule has 0 aliphatic carbocycles. The average molecular weight is 1730 g/mol. The molecule has 5 aliphatic rings. The summed E-state index contributed by atoms with van der Waals surface area (Å²) in [6.07, 6.45) is 18.0. The highest BCUT2D eigenvalue weighted by Crippen LogP contribution is 2.40. The first-order valence-corrected chi connectivity index (χ1v) is 44.1. The van der Waals surface area contributed by atoms with Gasteiger partial charge in [0.15, 0.2) is 0 Å². The first kappa shape index (κ1) is 87.0. The van der Waals surface area contributed by atoms with Crippen molar-refractivity contribution in [2.24, 2.45) is 0 Å². The third-order valence-electron chi connectivity index (χ3n) is 19.3. The normalized spacial score (nSPS) is 13.5. The Morgan fingerprint density at radius 1 is 0.383 bits per heavy atom. The maximum Gasteiger partial charge on any atom is 0.237 e. The molecular weight excluding hydrogens is 1650 g/mol. The highest BCUT2D eigenvalue weighted by molar-refractivity contribution is 8.01. The summed E-state index contributed by atoms with van der Waals surface area (Å²) < 4.78 is 5.44. The fourth-order valence-electron chi connectivity index (χ4n) is 14.1. The van der Waals surface area contributed by atoms with Crippen molar-refractivity contribution >= 4 is 175 Å². The van der Waals surface area contributed by atoms with Gasteiger partial charge in [-0.1, -0.05) is 202 Å². The molecule has 0 atom stereocenters. The highest BCUT2D eigenvalue weighted by Gasteiger charge is 2.31. The number of ether oxygens (including phenoxy) is 1. The Labute approximate surface area is 717 Å². The zero-order chi connectivity index (χ0) is 81.5. The van der Waals surface area contributed by atoms with Crippen LogP contribution in [0.4, 0.5) is 28.4 Å². The zero-order valence-corrected chi connectivity index (χ0v) is 71.9. The fraction of sp³-hybridized carbons (Fsp3) is 0.287. The number of para-hydroxylation sites is 5. The van der Waals surface area contributed by atoms with Gasteiger partial charge in [0.1, 0.15) is 31.9 Å². The van der Waals surface area contributed by atoms with Gasteiger partial charge in [-0.3, -0.25) is 24.0 Å². The molecule has 0 fully saturated rings. The third kappa shape index (κ3) is 23.1. The number of halogens is 5. The molecule has 592 valence electrons. The smallest absolute Gasteiger partial charge is 0.237 e. The summed E-state index contributed by atoms with van der Waals surface area (Å²) in [5.41, 5.74) is 17.0. The predicted molar refractivity (Wildman–Crippen MR) is 470 cm³/mol. The van der Waals surface area contributed by atoms with Crippen LogP contribution in [0.5, 0.6) is 5.75 Å². The van der Waals surface area contributed by atoms with E-state index in [1.807, 2.05) is 73.9 Å². The van der Waals surface area contributed by atoms with Gasteiger partial charge in [-0.05, 0) is 197 Å². The number of fused-ring (bicyclic) bond motifs is 5. The Hall–Kier alpha value is -8.82. The van der Waals surface area contributed by atoms with Crippen LogP contribution in [0.25, 0.3) is 0 Å². The minimum Gasteiger partial charge on any atom is -0.495 e. The lowest BCUT2D eigenvalue weighted by Gasteiger charge is -2.31. The van der Waals surface area contributed by atoms with Gasteiger partial charge in [-0.15, -0.1) is 0 Å². The Bertz CT molecular complexity index is 5150. The van der Waals surface area contributed by atoms with Crippen LogP contribution in [-0.4, -0.2) is 123 Å². The number of aromatic nitrogens is 5. The maximum absolute atomic E-state index is 12.7. The van der Waals surface area contributed by atoms with E-state index in [2.05, 4.69) is 106 Å². The molecule has 28 heteroatoms. The molecule has 10 aromatic rings. The number of aryl methyl sites for hydroxylation is 9. The number of thioether (sulfide) groups is 5. The molecule has 10 heterocycles. The zero-order valence-electron chi connectivity index (χ0n) is 64.1. The Kier molecular flexibility index (Phi) is 32.4. The predicted octanol–water partition coefficient (Wildman–Crippen LogP) is 20.0. The molecule has 115 heavy (non-hydrogen) atoms. The molecule has 5 amide bonds. The second-order valence-electron chi connectivity index (χ2n) is 27.1. The van der Waals surface area contributed by atoms with E-state index in [0.717, 1.165) is 152 Å². The lowest BCUT2D eigenvalue weighted by atomic mass is 9.98. The first-order valence-electron chi connectivity index (χ1n) is 37.3. The molecule has 5 aliphatic heterocycles. The molecule has 0 radical (unpaired) electrons. The molecule has 0 bridgehead atoms. The number of methoxy groups -OCH3 is 1. The number of benzene rings is 5. The van der Waals surface area contributed by atoms with Crippen molar-refractivity contribution in [3.8, 4) is 17.9 Å². The quantitative estimate of drug-likeness (QED) is 0.0820. The summed E-state index contributed by atoms with van der Waals surface area (Å²) in [7, 11) is 1.63. The monoisotopic (exact) mass is 1730 g/mol. The number of carbonyl (C=O) groups is 5. The number of rotatable bonds is 16. The van der Waals surface area contributed by atoms with Crippen molar-refractivity contribution in [2.75, 3.05) is 93.1 Å². The Morgan fingerprint density at radius 3 is 1.10 bits per heavy atom. The van der Waals surface area contributed by atoms with Gasteiger partial charge in [0.25, 0.3) is 0 Å². The van der Waals surface area contributed by atoms with Gasteiger partial charge >= 0.3 is 0 Å². The SMILES string of the molecule is COc1cccc2c1N(C(=O)CSc1ncccc1Cl)CCC2.Cc1cccc2c1N(C(=O)CSc1cc(C#N)ccn1)CCC2.Cc1cccc2c1N(C(=O)CSc1ncc(Cl)cc1Cl)CCC2.Cc1cccc2c1N(C(=O)CSc1ncc(Cl)cc1Cl)CCC2.Cc1cccc2c1N(C(=O)CSc1ncccc1C#N)CCC2. The van der Waals surface area contributed by atoms with Crippen LogP contribution in [0.2, 0.25) is 25.1 Å². The topological polar surface area (TPSA) is 223 Å². The van der Waals surface area contributed by atoms with Gasteiger partial charge in [0.2, 0.25) is 29.5 Å². The number of hydrogen-bond acceptors (Lipinski definition) is 18. The molecule has 15 rings (SSSR count). The second kappa shape index (κ2) is 42.9. The molecule has 0 saturated heterocycles. The highest BCUT2D eigenvalue weighted by atomic mass is 35.5. The number of anilines is 5. The summed E-state index contributed by atoms with van der Waals surface area (Å²) in [5.74, 6) is 2.65. The van der Waals surface area contributed by atoms with Gasteiger partial charge in [0.05, 0.1) is 88.9 Å². The van der Waals surface area contributed by atoms with Crippen LogP contribution in [0.3, 0.4) is 0 Å². The van der Waals surface area contributed by atoms with Gasteiger partial charge in [-0.25, -0.2) is 24.9 Å². The molecule has 0 unspecified atom stereocenters. The van der Waals surface area contributed by atoms with Crippen LogP contribution in [0.1, 0.15) is 93.3 Å². The van der Waals surface area contributed by atoms with E-state index in [4.69, 9.17) is 73.3 Å². The molecule has 0 saturated carbocycles. The number of amides is 5. The molecule has 5 aromatic heterocycles. The van der Waals surface area contributed by atoms with Crippen LogP contribution < -0.4 is 29.2 Å². The molecular formula is C87H83Cl5N12O6S5. The summed E-state index contributed by atoms with van der Waals surface area (Å²) in [6, 6.07) is 48.6. The summed E-state index contributed by atoms with van der Waals surface area (Å²) in [6.45, 7) is 12.0. The van der Waals surface area contributed by atoms with E-state index in [9.17, 15) is 24.0 Å². The van der Waals surface area contributed by atoms with E-state index in [0.29, 0.717) is 96.7 Å². The van der Waals surface area contributed by atoms with E-state index in [1.54, 1.807) is 86.6 Å². The van der Waals surface area contributed by atoms with Crippen molar-refractivity contribution < 1.29 is 28.7 Å². The molecule has 18 nitrogen and oxygen atoms in total. The molecule has 0 spiro atoms. The van der Waals surface area contributed by atoms with Crippen LogP contribution in [0.15, 0.2) is 196 Å². The summed E-state index contributed by atoms with van der Waals surface area (Å²) in [5, 5.41) is 23.8. The number of nitriles is 2. The minimum absolute atomic E-state index is 0.0437. The van der Waals surface area contributed by atoms with Crippen molar-refractivity contribution in [1.82, 2.24) is 24.9 Å². The minimum atomic E-state index is 0.0437. The maximum atomic E-state index is 12.7. The van der Waals surface area contributed by atoms with E-state index in [-0.39, 0.29) is 29.5 Å². The number of nitrogens with zero attached hydrogens (tertiary/aromatic N) is 12. The standard InChI is InChI=1S/2C18H17N3OS.2C17H16Cl2N2OS.C17H17ClN2O2S/c1-13-5-2-6-14-8-4-10-21(17(13)14)16(22)12-23-18-15(11-19)7-3-9-20-18;1-13-4-2-5-15-6-3-9-21(18(13)15)17(22)12-23-16-10-14(11-19)7-8-20-16;2*1-11-4-2-5-12-6-3-7-21(16(11)12)15(22)10-23-17-14(19)8-13(18)9-20-17;1-22-14-8-2-5-12-6-4-10-20(16(12)14)15(21)11-23-17-13(18)7-3-9-19-17/h2-3,5-7,9H,4,8,10,12H2,1H3;2,4-5,7-8,10H,3,6,9,12H2,1H3;2*2,4-5,8-9H,3,6-7,10H2,1H3;2-3,5,7-9H,4,6,10-11H2,1H3. The van der Waals surface area contributed by atoms with Gasteiger partial charge in [0, 0.05) is 86.5 Å². The molecule has 0 N–H and O–H groups in total. The van der Waals surface area contributed by atoms with Crippen LogP contribution >= 0.6 is 117 Å². The van der Waals surface area contributed by atoms with Crippen LogP contribution in [-0.2, 0) is 56.1 Å². The van der Waals surface area contributed by atoms with Crippen LogP contribution in [0, 0.1) is 50.4 Å². The van der Waals surface area contributed by atoms with E-state index >= 15 is 0 Å². The Balaban J connectivity index is 0.000000142. The van der Waals surface area contributed by atoms with Gasteiger partial charge < -0.3 is 29.2 Å². The van der Waals surface area contributed by atoms with E-state index in [1.165, 1.54) is 81.1 Å². The van der Waals surface area contributed by atoms with Crippen molar-refractivity contribution in [3.63, 3.8) is 0 Å². The number of pyridine rings is 5.